The average molecular weight is 665 g/mol. The number of rotatable bonds is 3. The molecule has 0 fully saturated rings. The van der Waals surface area contributed by atoms with Crippen LogP contribution in [-0.2, 0) is 0 Å². The molecule has 4 heteroatoms. The summed E-state index contributed by atoms with van der Waals surface area (Å²) in [7, 11) is 0. The zero-order valence-corrected chi connectivity index (χ0v) is 28.3. The lowest BCUT2D eigenvalue weighted by atomic mass is 9.92. The Kier molecular flexibility index (Phi) is 5.58. The quantitative estimate of drug-likeness (QED) is 0.175. The highest BCUT2D eigenvalue weighted by Crippen LogP contribution is 2.54. The molecule has 0 saturated heterocycles. The number of hydrogen-bond donors (Lipinski definition) is 0. The normalized spacial score (nSPS) is 19.4. The summed E-state index contributed by atoms with van der Waals surface area (Å²) < 4.78 is 4.95. The highest BCUT2D eigenvalue weighted by molar-refractivity contribution is 6.22. The minimum Gasteiger partial charge on any atom is -0.318 e. The van der Waals surface area contributed by atoms with Gasteiger partial charge in [0.2, 0.25) is 34.2 Å². The first-order valence-corrected chi connectivity index (χ1v) is 18.1. The van der Waals surface area contributed by atoms with Crippen molar-refractivity contribution in [3.05, 3.63) is 193 Å². The van der Waals surface area contributed by atoms with E-state index in [0.29, 0.717) is 0 Å². The fourth-order valence-electron chi connectivity index (χ4n) is 9.48. The number of fused-ring (bicyclic) bond motifs is 10. The summed E-state index contributed by atoms with van der Waals surface area (Å²) in [6, 6.07) is 53.7. The molecule has 6 aliphatic rings. The SMILES string of the molecule is C1=CC2=[N+](c3cccc(-c4cccc([N+]5=C6C=CC=C7c8ccccc8N(c8ccccc85)C76)c4)c3)c3ccccc3N3c4ccccc4C(=C1)C23. The van der Waals surface area contributed by atoms with Gasteiger partial charge < -0.3 is 9.80 Å². The predicted molar refractivity (Wildman–Crippen MR) is 217 cm³/mol. The zero-order chi connectivity index (χ0) is 33.9. The maximum absolute atomic E-state index is 2.53. The first-order chi connectivity index (χ1) is 25.8. The molecule has 4 nitrogen and oxygen atoms in total. The van der Waals surface area contributed by atoms with Gasteiger partial charge in [0.1, 0.15) is 23.5 Å². The molecule has 6 aromatic carbocycles. The minimum absolute atomic E-state index is 0.129. The first kappa shape index (κ1) is 28.0. The maximum atomic E-state index is 2.53. The molecule has 2 aliphatic carbocycles. The standard InChI is InChI=1S/C48H32N4/c1-3-21-39-35(17-1)37-19-11-27-45-47(37)51(39)43-25-7-5-23-41(43)49(45)33-15-9-13-31(29-33)32-14-10-16-34(30-32)50-42-24-6-8-26-44(42)52-40-22-4-2-18-36(40)38-20-12-28-46(50)48(38)52/h1-30,47-48H/q+2. The Hall–Kier alpha value is -6.78. The summed E-state index contributed by atoms with van der Waals surface area (Å²) in [5, 5.41) is 0. The van der Waals surface area contributed by atoms with Gasteiger partial charge in [-0.25, -0.2) is 0 Å². The van der Waals surface area contributed by atoms with Crippen molar-refractivity contribution in [2.75, 3.05) is 9.80 Å². The zero-order valence-electron chi connectivity index (χ0n) is 28.3. The van der Waals surface area contributed by atoms with Crippen LogP contribution < -0.4 is 19.0 Å². The van der Waals surface area contributed by atoms with Gasteiger partial charge in [0.15, 0.2) is 0 Å². The second-order valence-electron chi connectivity index (χ2n) is 14.1. The van der Waals surface area contributed by atoms with E-state index in [9.17, 15) is 0 Å². The van der Waals surface area contributed by atoms with Crippen LogP contribution in [0.4, 0.5) is 45.5 Å². The molecule has 0 aromatic heterocycles. The van der Waals surface area contributed by atoms with Crippen LogP contribution in [0.1, 0.15) is 11.1 Å². The van der Waals surface area contributed by atoms with Crippen molar-refractivity contribution >= 4 is 68.1 Å². The molecule has 0 saturated carbocycles. The van der Waals surface area contributed by atoms with Gasteiger partial charge in [0, 0.05) is 59.7 Å². The number of hydrogen-bond acceptors (Lipinski definition) is 2. The lowest BCUT2D eigenvalue weighted by Gasteiger charge is -2.32. The average Bonchev–Trinajstić information content (AvgIpc) is 3.74. The summed E-state index contributed by atoms with van der Waals surface area (Å²) in [4.78, 5) is 5.05. The third kappa shape index (κ3) is 3.65. The Morgan fingerprint density at radius 2 is 0.827 bits per heavy atom. The van der Waals surface area contributed by atoms with E-state index in [2.05, 4.69) is 201 Å². The minimum atomic E-state index is 0.129. The topological polar surface area (TPSA) is 12.5 Å². The Bertz CT molecular complexity index is 2580. The van der Waals surface area contributed by atoms with E-state index < -0.39 is 0 Å². The molecule has 2 atom stereocenters. The van der Waals surface area contributed by atoms with Gasteiger partial charge in [0.05, 0.1) is 11.4 Å². The van der Waals surface area contributed by atoms with Crippen molar-refractivity contribution < 1.29 is 0 Å². The van der Waals surface area contributed by atoms with Gasteiger partial charge in [-0.1, -0.05) is 109 Å². The van der Waals surface area contributed by atoms with Crippen LogP contribution >= 0.6 is 0 Å². The molecule has 0 spiro atoms. The number of anilines is 4. The molecular formula is C48H32N4+2. The molecule has 6 aromatic rings. The van der Waals surface area contributed by atoms with Crippen molar-refractivity contribution in [2.45, 2.75) is 12.1 Å². The Morgan fingerprint density at radius 1 is 0.404 bits per heavy atom. The fourth-order valence-corrected chi connectivity index (χ4v) is 9.48. The van der Waals surface area contributed by atoms with Crippen molar-refractivity contribution in [2.24, 2.45) is 0 Å². The highest BCUT2D eigenvalue weighted by atomic mass is 15.3. The van der Waals surface area contributed by atoms with E-state index in [-0.39, 0.29) is 12.1 Å². The van der Waals surface area contributed by atoms with Crippen LogP contribution in [0.15, 0.2) is 182 Å². The van der Waals surface area contributed by atoms with Crippen molar-refractivity contribution in [3.63, 3.8) is 0 Å². The van der Waals surface area contributed by atoms with E-state index in [0.717, 1.165) is 11.4 Å². The summed E-state index contributed by atoms with van der Waals surface area (Å²) >= 11 is 0. The van der Waals surface area contributed by atoms with Crippen LogP contribution in [-0.4, -0.2) is 23.5 Å². The maximum Gasteiger partial charge on any atom is 0.235 e. The lowest BCUT2D eigenvalue weighted by molar-refractivity contribution is 0.930. The Balaban J connectivity index is 1.01. The van der Waals surface area contributed by atoms with Crippen LogP contribution in [0.2, 0.25) is 0 Å². The Morgan fingerprint density at radius 3 is 1.31 bits per heavy atom. The lowest BCUT2D eigenvalue weighted by Crippen LogP contribution is -2.43. The molecule has 0 radical (unpaired) electrons. The van der Waals surface area contributed by atoms with E-state index in [1.165, 1.54) is 78.9 Å². The van der Waals surface area contributed by atoms with Gasteiger partial charge >= 0.3 is 0 Å². The number of nitrogens with zero attached hydrogens (tertiary/aromatic N) is 4. The van der Waals surface area contributed by atoms with Gasteiger partial charge in [-0.15, -0.1) is 0 Å². The largest absolute Gasteiger partial charge is 0.318 e. The number of allylic oxidation sites excluding steroid dienone is 4. The second-order valence-corrected chi connectivity index (χ2v) is 14.1. The predicted octanol–water partition coefficient (Wildman–Crippen LogP) is 10.9. The van der Waals surface area contributed by atoms with Crippen molar-refractivity contribution in [1.29, 1.82) is 0 Å². The first-order valence-electron chi connectivity index (χ1n) is 18.1. The molecular weight excluding hydrogens is 633 g/mol. The van der Waals surface area contributed by atoms with Crippen molar-refractivity contribution in [1.82, 2.24) is 9.15 Å². The summed E-state index contributed by atoms with van der Waals surface area (Å²) in [5.41, 5.74) is 20.0. The molecule has 52 heavy (non-hydrogen) atoms. The van der Waals surface area contributed by atoms with Crippen LogP contribution in [0.3, 0.4) is 0 Å². The molecule has 4 aliphatic heterocycles. The number of para-hydroxylation sites is 6. The van der Waals surface area contributed by atoms with E-state index >= 15 is 0 Å². The van der Waals surface area contributed by atoms with Crippen LogP contribution in [0.25, 0.3) is 22.3 Å². The molecule has 12 rings (SSSR count). The molecule has 242 valence electrons. The summed E-state index contributed by atoms with van der Waals surface area (Å²) in [6.07, 6.45) is 13.6. The van der Waals surface area contributed by atoms with Gasteiger partial charge in [-0.2, -0.15) is 9.15 Å². The summed E-state index contributed by atoms with van der Waals surface area (Å²) in [6.45, 7) is 0. The third-order valence-electron chi connectivity index (χ3n) is 11.5. The monoisotopic (exact) mass is 664 g/mol. The fraction of sp³-hybridized carbons (Fsp3) is 0.0417. The highest BCUT2D eigenvalue weighted by Gasteiger charge is 2.49. The van der Waals surface area contributed by atoms with Crippen LogP contribution in [0.5, 0.6) is 0 Å². The van der Waals surface area contributed by atoms with Gasteiger partial charge in [-0.05, 0) is 46.5 Å². The van der Waals surface area contributed by atoms with Gasteiger partial charge in [-0.3, -0.25) is 0 Å². The van der Waals surface area contributed by atoms with Crippen LogP contribution in [0, 0.1) is 0 Å². The third-order valence-corrected chi connectivity index (χ3v) is 11.5. The van der Waals surface area contributed by atoms with Crippen molar-refractivity contribution in [3.8, 4) is 11.1 Å². The van der Waals surface area contributed by atoms with E-state index in [4.69, 9.17) is 0 Å². The molecule has 4 heterocycles. The molecule has 0 amide bonds. The van der Waals surface area contributed by atoms with Gasteiger partial charge in [0.25, 0.3) is 0 Å². The van der Waals surface area contributed by atoms with E-state index in [1.807, 2.05) is 0 Å². The number of benzene rings is 6. The molecule has 0 bridgehead atoms. The Labute approximate surface area is 302 Å². The summed E-state index contributed by atoms with van der Waals surface area (Å²) in [5.74, 6) is 0. The molecule has 2 unspecified atom stereocenters. The second kappa shape index (κ2) is 10.4. The van der Waals surface area contributed by atoms with E-state index in [1.54, 1.807) is 0 Å². The molecule has 0 N–H and O–H groups in total. The smallest absolute Gasteiger partial charge is 0.235 e.